The number of amides is 1. The Morgan fingerprint density at radius 2 is 1.84 bits per heavy atom. The molecule has 102 valence electrons. The third-order valence-corrected chi connectivity index (χ3v) is 3.79. The average Bonchev–Trinajstić information content (AvgIpc) is 2.37. The van der Waals surface area contributed by atoms with E-state index in [0.717, 1.165) is 18.7 Å². The molecule has 19 heavy (non-hydrogen) atoms. The molecule has 2 N–H and O–H groups in total. The van der Waals surface area contributed by atoms with Gasteiger partial charge in [-0.15, -0.1) is 0 Å². The number of rotatable bonds is 2. The lowest BCUT2D eigenvalue weighted by Gasteiger charge is -2.35. The molecular formula is C15H20N2OS. The van der Waals surface area contributed by atoms with Gasteiger partial charge in [-0.05, 0) is 30.4 Å². The summed E-state index contributed by atoms with van der Waals surface area (Å²) >= 11 is 4.96. The van der Waals surface area contributed by atoms with Crippen LogP contribution in [-0.2, 0) is 0 Å². The Balaban J connectivity index is 2.19. The molecule has 0 radical (unpaired) electrons. The maximum absolute atomic E-state index is 12.5. The molecule has 1 aromatic carbocycles. The van der Waals surface area contributed by atoms with E-state index in [4.69, 9.17) is 18.0 Å². The second-order valence-corrected chi connectivity index (χ2v) is 6.04. The Kier molecular flexibility index (Phi) is 4.20. The van der Waals surface area contributed by atoms with Gasteiger partial charge in [0.25, 0.3) is 5.91 Å². The maximum Gasteiger partial charge on any atom is 0.253 e. The van der Waals surface area contributed by atoms with Crippen LogP contribution in [0, 0.1) is 11.8 Å². The van der Waals surface area contributed by atoms with Gasteiger partial charge in [-0.1, -0.05) is 38.2 Å². The number of nitrogens with two attached hydrogens (primary N) is 1. The van der Waals surface area contributed by atoms with E-state index >= 15 is 0 Å². The second-order valence-electron chi connectivity index (χ2n) is 5.60. The highest BCUT2D eigenvalue weighted by atomic mass is 32.1. The molecular weight excluding hydrogens is 256 g/mol. The summed E-state index contributed by atoms with van der Waals surface area (Å²) in [6.45, 7) is 6.06. The molecule has 0 spiro atoms. The normalized spacial score (nSPS) is 23.2. The van der Waals surface area contributed by atoms with Gasteiger partial charge < -0.3 is 10.6 Å². The Morgan fingerprint density at radius 3 is 2.42 bits per heavy atom. The highest BCUT2D eigenvalue weighted by Crippen LogP contribution is 2.22. The number of thiocarbonyl (C=S) groups is 1. The number of hydrogen-bond donors (Lipinski definition) is 1. The molecule has 0 aromatic heterocycles. The van der Waals surface area contributed by atoms with Crippen molar-refractivity contribution in [2.24, 2.45) is 17.6 Å². The summed E-state index contributed by atoms with van der Waals surface area (Å²) in [7, 11) is 0. The topological polar surface area (TPSA) is 46.3 Å². The highest BCUT2D eigenvalue weighted by molar-refractivity contribution is 7.80. The molecule has 1 amide bonds. The largest absolute Gasteiger partial charge is 0.389 e. The van der Waals surface area contributed by atoms with Crippen molar-refractivity contribution in [3.05, 3.63) is 35.4 Å². The van der Waals surface area contributed by atoms with Gasteiger partial charge in [0.15, 0.2) is 0 Å². The highest BCUT2D eigenvalue weighted by Gasteiger charge is 2.26. The summed E-state index contributed by atoms with van der Waals surface area (Å²) in [4.78, 5) is 14.8. The Labute approximate surface area is 119 Å². The summed E-state index contributed by atoms with van der Waals surface area (Å²) < 4.78 is 0. The summed E-state index contributed by atoms with van der Waals surface area (Å²) in [5, 5.41) is 0. The van der Waals surface area contributed by atoms with Crippen molar-refractivity contribution in [3.8, 4) is 0 Å². The number of carbonyl (C=O) groups excluding carboxylic acids is 1. The second kappa shape index (κ2) is 5.70. The van der Waals surface area contributed by atoms with Gasteiger partial charge in [0, 0.05) is 24.2 Å². The van der Waals surface area contributed by atoms with Crippen LogP contribution in [0.1, 0.15) is 36.2 Å². The van der Waals surface area contributed by atoms with Gasteiger partial charge in [0.1, 0.15) is 4.99 Å². The predicted octanol–water partition coefficient (Wildman–Crippen LogP) is 2.44. The molecule has 4 heteroatoms. The van der Waals surface area contributed by atoms with Gasteiger partial charge in [0.2, 0.25) is 0 Å². The molecule has 0 saturated carbocycles. The molecule has 3 nitrogen and oxygen atoms in total. The van der Waals surface area contributed by atoms with Crippen molar-refractivity contribution in [1.82, 2.24) is 4.90 Å². The van der Waals surface area contributed by atoms with Crippen molar-refractivity contribution < 1.29 is 4.79 Å². The minimum atomic E-state index is 0.0801. The van der Waals surface area contributed by atoms with Gasteiger partial charge in [-0.25, -0.2) is 0 Å². The fourth-order valence-electron chi connectivity index (χ4n) is 2.82. The van der Waals surface area contributed by atoms with Crippen molar-refractivity contribution in [3.63, 3.8) is 0 Å². The first-order chi connectivity index (χ1) is 8.97. The first-order valence-electron chi connectivity index (χ1n) is 6.66. The number of hydrogen-bond acceptors (Lipinski definition) is 2. The van der Waals surface area contributed by atoms with E-state index in [1.54, 1.807) is 6.07 Å². The zero-order valence-corrected chi connectivity index (χ0v) is 12.2. The average molecular weight is 276 g/mol. The molecule has 2 atom stereocenters. The van der Waals surface area contributed by atoms with Gasteiger partial charge >= 0.3 is 0 Å². The standard InChI is InChI=1S/C15H20N2OS/c1-10-6-11(2)9-17(8-10)15(18)13-5-3-4-12(7-13)14(16)19/h3-5,7,10-11H,6,8-9H2,1-2H3,(H2,16,19). The molecule has 2 unspecified atom stereocenters. The Morgan fingerprint density at radius 1 is 1.26 bits per heavy atom. The van der Waals surface area contributed by atoms with Crippen LogP contribution in [0.5, 0.6) is 0 Å². The molecule has 1 saturated heterocycles. The number of piperidine rings is 1. The zero-order chi connectivity index (χ0) is 14.0. The third kappa shape index (κ3) is 3.32. The van der Waals surface area contributed by atoms with E-state index in [-0.39, 0.29) is 5.91 Å². The van der Waals surface area contributed by atoms with Crippen molar-refractivity contribution in [2.75, 3.05) is 13.1 Å². The molecule has 1 aliphatic rings. The minimum Gasteiger partial charge on any atom is -0.389 e. The molecule has 1 fully saturated rings. The van der Waals surface area contributed by atoms with Crippen LogP contribution in [0.2, 0.25) is 0 Å². The van der Waals surface area contributed by atoms with Crippen molar-refractivity contribution in [2.45, 2.75) is 20.3 Å². The maximum atomic E-state index is 12.5. The van der Waals surface area contributed by atoms with Gasteiger partial charge in [0.05, 0.1) is 0 Å². The van der Waals surface area contributed by atoms with Crippen molar-refractivity contribution >= 4 is 23.1 Å². The molecule has 1 aromatic rings. The van der Waals surface area contributed by atoms with E-state index in [1.807, 2.05) is 23.1 Å². The summed E-state index contributed by atoms with van der Waals surface area (Å²) in [6, 6.07) is 7.28. The molecule has 1 aliphatic heterocycles. The molecule has 0 bridgehead atoms. The summed E-state index contributed by atoms with van der Waals surface area (Å²) in [5.74, 6) is 1.20. The number of likely N-dealkylation sites (tertiary alicyclic amines) is 1. The van der Waals surface area contributed by atoms with E-state index in [9.17, 15) is 4.79 Å². The number of nitrogens with zero attached hydrogens (tertiary/aromatic N) is 1. The molecule has 0 aliphatic carbocycles. The third-order valence-electron chi connectivity index (χ3n) is 3.55. The van der Waals surface area contributed by atoms with Crippen LogP contribution in [0.15, 0.2) is 24.3 Å². The van der Waals surface area contributed by atoms with E-state index in [0.29, 0.717) is 22.4 Å². The minimum absolute atomic E-state index is 0.0801. The quantitative estimate of drug-likeness (QED) is 0.844. The zero-order valence-electron chi connectivity index (χ0n) is 11.4. The first kappa shape index (κ1) is 14.0. The summed E-state index contributed by atoms with van der Waals surface area (Å²) in [5.41, 5.74) is 7.03. The van der Waals surface area contributed by atoms with Crippen LogP contribution < -0.4 is 5.73 Å². The summed E-state index contributed by atoms with van der Waals surface area (Å²) in [6.07, 6.45) is 1.19. The number of carbonyl (C=O) groups is 1. The predicted molar refractivity (Wildman–Crippen MR) is 81.2 cm³/mol. The smallest absolute Gasteiger partial charge is 0.253 e. The van der Waals surface area contributed by atoms with Crippen LogP contribution in [0.4, 0.5) is 0 Å². The Bertz CT molecular complexity index is 491. The van der Waals surface area contributed by atoms with Crippen LogP contribution >= 0.6 is 12.2 Å². The SMILES string of the molecule is CC1CC(C)CN(C(=O)c2cccc(C(N)=S)c2)C1. The number of benzene rings is 1. The first-order valence-corrected chi connectivity index (χ1v) is 7.07. The van der Waals surface area contributed by atoms with Gasteiger partial charge in [-0.2, -0.15) is 0 Å². The van der Waals surface area contributed by atoms with Crippen LogP contribution in [0.25, 0.3) is 0 Å². The Hall–Kier alpha value is -1.42. The van der Waals surface area contributed by atoms with Crippen molar-refractivity contribution in [1.29, 1.82) is 0 Å². The fraction of sp³-hybridized carbons (Fsp3) is 0.467. The lowest BCUT2D eigenvalue weighted by atomic mass is 9.91. The monoisotopic (exact) mass is 276 g/mol. The molecule has 2 rings (SSSR count). The van der Waals surface area contributed by atoms with E-state index in [1.165, 1.54) is 6.42 Å². The fourth-order valence-corrected chi connectivity index (χ4v) is 2.94. The van der Waals surface area contributed by atoms with E-state index in [2.05, 4.69) is 13.8 Å². The molecule has 1 heterocycles. The van der Waals surface area contributed by atoms with Gasteiger partial charge in [-0.3, -0.25) is 4.79 Å². The van der Waals surface area contributed by atoms with E-state index < -0.39 is 0 Å². The van der Waals surface area contributed by atoms with Crippen LogP contribution in [0.3, 0.4) is 0 Å². The lowest BCUT2D eigenvalue weighted by molar-refractivity contribution is 0.0623. The lowest BCUT2D eigenvalue weighted by Crippen LogP contribution is -2.42. The van der Waals surface area contributed by atoms with Crippen LogP contribution in [-0.4, -0.2) is 28.9 Å².